The Morgan fingerprint density at radius 1 is 0.702 bits per heavy atom. The molecule has 0 spiro atoms. The maximum Gasteiger partial charge on any atom is 0.355 e. The van der Waals surface area contributed by atoms with E-state index in [4.69, 9.17) is 10.5 Å². The van der Waals surface area contributed by atoms with Gasteiger partial charge in [-0.2, -0.15) is 9.97 Å². The number of halogens is 3. The van der Waals surface area contributed by atoms with Crippen molar-refractivity contribution in [3.05, 3.63) is 171 Å². The number of carbonyl (C=O) groups excluding carboxylic acids is 3. The largest absolute Gasteiger partial charge is 0.507 e. The highest BCUT2D eigenvalue weighted by molar-refractivity contribution is 6.01. The van der Waals surface area contributed by atoms with Crippen LogP contribution in [0.25, 0.3) is 56.0 Å². The lowest BCUT2D eigenvalue weighted by atomic mass is 10.0. The number of hydrogen-bond acceptors (Lipinski definition) is 14. The molecular formula is C62H64F3N13O6. The van der Waals surface area contributed by atoms with Crippen molar-refractivity contribution < 1.29 is 38.1 Å². The summed E-state index contributed by atoms with van der Waals surface area (Å²) in [6.45, 7) is 16.3. The Morgan fingerprint density at radius 3 is 1.79 bits per heavy atom. The standard InChI is InChI=1S/C33H36FN7O3.C29H28F2N6O3/c1-8-26(42)39-16-21(6)40(17-20(39)5)30-24-15-25(34)28(22-11-9-10-12-23(22)32(43)35-7)37-31(24)41(33(44)38-30)29-19(4)13-14-36-27(29)18(2)3;1-5-22(39)35-11-13-36(14-12-35)27-18-15-20(31)25(23-19(30)7-6-8-21(23)38)33-28(18)37(29(40)34-27)26-17(4)9-10-32-24(26)16(2)3/h8-15,18,20-21H,1,16-17H2,2-7H3,(H,35,43);5-10,15-16,38H,1,11-14H2,2-4H3/i;11D2,12D2. The van der Waals surface area contributed by atoms with Crippen LogP contribution in [0.15, 0.2) is 114 Å². The molecular weight excluding hydrogens is 1080 g/mol. The molecule has 2 unspecified atom stereocenters. The topological polar surface area (TPSA) is 218 Å². The highest BCUT2D eigenvalue weighted by Crippen LogP contribution is 2.38. The molecule has 0 radical (unpaired) electrons. The molecule has 2 saturated heterocycles. The van der Waals surface area contributed by atoms with E-state index < -0.39 is 83.7 Å². The molecule has 0 aliphatic carbocycles. The third-order valence-corrected chi connectivity index (χ3v) is 14.6. The van der Waals surface area contributed by atoms with E-state index in [1.54, 1.807) is 60.6 Å². The molecule has 19 nitrogen and oxygen atoms in total. The fraction of sp³-hybridized carbons (Fsp3) is 0.306. The lowest BCUT2D eigenvalue weighted by Gasteiger charge is -2.44. The summed E-state index contributed by atoms with van der Waals surface area (Å²) in [5.41, 5.74) is 1.10. The van der Waals surface area contributed by atoms with Gasteiger partial charge in [0.05, 0.1) is 44.6 Å². The first kappa shape index (κ1) is 53.7. The second-order valence-corrected chi connectivity index (χ2v) is 20.9. The minimum Gasteiger partial charge on any atom is -0.507 e. The maximum absolute atomic E-state index is 16.2. The van der Waals surface area contributed by atoms with Gasteiger partial charge in [0.2, 0.25) is 11.8 Å². The number of rotatable bonds is 11. The zero-order valence-corrected chi connectivity index (χ0v) is 47.7. The molecule has 3 amide bonds. The molecule has 8 heterocycles. The van der Waals surface area contributed by atoms with Gasteiger partial charge in [0.25, 0.3) is 5.91 Å². The van der Waals surface area contributed by atoms with Crippen LogP contribution in [0.4, 0.5) is 24.8 Å². The van der Waals surface area contributed by atoms with Crippen LogP contribution < -0.4 is 26.5 Å². The van der Waals surface area contributed by atoms with Gasteiger partial charge >= 0.3 is 11.4 Å². The van der Waals surface area contributed by atoms with Gasteiger partial charge in [-0.1, -0.05) is 65.1 Å². The number of phenols is 1. The van der Waals surface area contributed by atoms with E-state index in [0.29, 0.717) is 51.7 Å². The highest BCUT2D eigenvalue weighted by atomic mass is 19.1. The predicted octanol–water partition coefficient (Wildman–Crippen LogP) is 8.48. The van der Waals surface area contributed by atoms with Crippen LogP contribution >= 0.6 is 0 Å². The van der Waals surface area contributed by atoms with Crippen molar-refractivity contribution in [1.82, 2.24) is 54.2 Å². The van der Waals surface area contributed by atoms with Crippen LogP contribution in [0.2, 0.25) is 0 Å². The molecule has 10 rings (SSSR count). The van der Waals surface area contributed by atoms with Crippen molar-refractivity contribution in [2.24, 2.45) is 0 Å². The Hall–Kier alpha value is -9.60. The molecule has 2 aliphatic rings. The van der Waals surface area contributed by atoms with Gasteiger partial charge in [-0.15, -0.1) is 0 Å². The third kappa shape index (κ3) is 11.0. The fourth-order valence-corrected chi connectivity index (χ4v) is 10.4. The van der Waals surface area contributed by atoms with Crippen molar-refractivity contribution in [2.45, 2.75) is 79.3 Å². The van der Waals surface area contributed by atoms with Crippen LogP contribution in [0.3, 0.4) is 0 Å². The molecule has 2 atom stereocenters. The van der Waals surface area contributed by atoms with Gasteiger partial charge in [0, 0.05) is 81.8 Å². The Balaban J connectivity index is 0.000000209. The molecule has 2 N–H and O–H groups in total. The zero-order chi connectivity index (χ0) is 64.2. The van der Waals surface area contributed by atoms with Crippen molar-refractivity contribution in [1.29, 1.82) is 0 Å². The van der Waals surface area contributed by atoms with Gasteiger partial charge in [-0.25, -0.2) is 41.9 Å². The first-order chi connectivity index (χ1) is 41.6. The molecule has 84 heavy (non-hydrogen) atoms. The monoisotopic (exact) mass is 1150 g/mol. The molecule has 2 aliphatic heterocycles. The number of pyridine rings is 4. The summed E-state index contributed by atoms with van der Waals surface area (Å²) in [6, 6.07) is 15.3. The Bertz CT molecular complexity index is 4260. The Labute approximate surface area is 488 Å². The minimum atomic E-state index is -2.61. The second-order valence-electron chi connectivity index (χ2n) is 20.9. The number of aromatic hydroxyl groups is 1. The van der Waals surface area contributed by atoms with E-state index in [-0.39, 0.29) is 75.0 Å². The Morgan fingerprint density at radius 2 is 1.24 bits per heavy atom. The number of anilines is 2. The number of amides is 3. The van der Waals surface area contributed by atoms with Crippen molar-refractivity contribution >= 4 is 51.4 Å². The van der Waals surface area contributed by atoms with Gasteiger partial charge < -0.3 is 30.0 Å². The van der Waals surface area contributed by atoms with Crippen molar-refractivity contribution in [3.63, 3.8) is 0 Å². The van der Waals surface area contributed by atoms with E-state index in [1.165, 1.54) is 29.8 Å². The third-order valence-electron chi connectivity index (χ3n) is 14.6. The molecule has 0 saturated carbocycles. The number of phenolic OH excluding ortho intramolecular Hbond substituents is 1. The predicted molar refractivity (Wildman–Crippen MR) is 316 cm³/mol. The molecule has 0 bridgehead atoms. The van der Waals surface area contributed by atoms with Crippen LogP contribution in [0.5, 0.6) is 5.75 Å². The fourth-order valence-electron chi connectivity index (χ4n) is 10.4. The highest BCUT2D eigenvalue weighted by Gasteiger charge is 2.35. The van der Waals surface area contributed by atoms with Gasteiger partial charge in [0.15, 0.2) is 17.1 Å². The number of nitrogens with zero attached hydrogens (tertiary/aromatic N) is 12. The van der Waals surface area contributed by atoms with Gasteiger partial charge in [-0.05, 0) is 105 Å². The van der Waals surface area contributed by atoms with Crippen molar-refractivity contribution in [2.75, 3.05) is 56.0 Å². The minimum absolute atomic E-state index is 0.0447. The van der Waals surface area contributed by atoms with E-state index in [1.807, 2.05) is 53.4 Å². The molecule has 6 aromatic heterocycles. The van der Waals surface area contributed by atoms with Crippen LogP contribution in [-0.2, 0) is 9.59 Å². The number of aromatic nitrogens is 8. The second kappa shape index (κ2) is 24.1. The maximum atomic E-state index is 16.2. The van der Waals surface area contributed by atoms with Crippen molar-refractivity contribution in [3.8, 4) is 39.6 Å². The molecule has 2 aromatic carbocycles. The number of aryl methyl sites for hydroxylation is 2. The number of nitrogens with one attached hydrogen (secondary N) is 1. The first-order valence-corrected chi connectivity index (χ1v) is 27.0. The van der Waals surface area contributed by atoms with E-state index >= 15 is 8.78 Å². The normalized spacial score (nSPS) is 17.3. The van der Waals surface area contributed by atoms with Gasteiger partial charge in [-0.3, -0.25) is 24.4 Å². The summed E-state index contributed by atoms with van der Waals surface area (Å²) >= 11 is 0. The SMILES string of the molecule is C=CC(=O)N1CC(C)N(c2nc(=O)n(-c3c(C)ccnc3C(C)C)c3nc(-c4ccccc4C(=O)NC)c(F)cc23)CC1C.[2H]C1([2H])CN(c2nc(=O)n(-c3c(C)ccnc3C(C)C)c3nc(-c4c(O)cccc4F)c(F)cc23)CC([2H])([2H])N1C(=O)C=C. The summed E-state index contributed by atoms with van der Waals surface area (Å²) in [7, 11) is 1.50. The summed E-state index contributed by atoms with van der Waals surface area (Å²) in [5, 5.41) is 13.2. The van der Waals surface area contributed by atoms with Crippen LogP contribution in [0, 0.1) is 31.3 Å². The molecule has 22 heteroatoms. The average Bonchev–Trinajstić information content (AvgIpc) is 0.770. The summed E-state index contributed by atoms with van der Waals surface area (Å²) < 4.78 is 83.5. The molecule has 2 fully saturated rings. The van der Waals surface area contributed by atoms with E-state index in [9.17, 15) is 33.5 Å². The molecule has 434 valence electrons. The summed E-state index contributed by atoms with van der Waals surface area (Å²) in [6.07, 6.45) is 5.33. The van der Waals surface area contributed by atoms with Crippen LogP contribution in [-0.4, -0.2) is 130 Å². The number of hydrogen-bond donors (Lipinski definition) is 2. The smallest absolute Gasteiger partial charge is 0.355 e. The number of benzene rings is 2. The first-order valence-electron chi connectivity index (χ1n) is 29.0. The van der Waals surface area contributed by atoms with E-state index in [2.05, 4.69) is 43.4 Å². The number of fused-ring (bicyclic) bond motifs is 2. The Kier molecular flexibility index (Phi) is 15.4. The van der Waals surface area contributed by atoms with Gasteiger partial charge in [0.1, 0.15) is 40.4 Å². The number of carbonyl (C=O) groups is 3. The number of piperazine rings is 2. The van der Waals surface area contributed by atoms with Crippen LogP contribution in [0.1, 0.15) is 91.7 Å². The summed E-state index contributed by atoms with van der Waals surface area (Å²) in [5.74, 6) is -5.16. The lowest BCUT2D eigenvalue weighted by Crippen LogP contribution is -2.58. The lowest BCUT2D eigenvalue weighted by molar-refractivity contribution is -0.129. The van der Waals surface area contributed by atoms with E-state index in [0.717, 1.165) is 39.3 Å². The zero-order valence-electron chi connectivity index (χ0n) is 51.7. The summed E-state index contributed by atoms with van der Waals surface area (Å²) in [4.78, 5) is 97.7. The quantitative estimate of drug-likeness (QED) is 0.116. The molecule has 8 aromatic rings. The average molecular weight is 1150 g/mol.